The van der Waals surface area contributed by atoms with Crippen molar-refractivity contribution in [3.63, 3.8) is 0 Å². The Kier molecular flexibility index (Phi) is 4.14. The monoisotopic (exact) mass is 277 g/mol. The number of aromatic nitrogens is 4. The molecule has 1 unspecified atom stereocenters. The number of carboxylic acid groups (broad SMARTS) is 1. The van der Waals surface area contributed by atoms with Crippen molar-refractivity contribution in [1.29, 1.82) is 0 Å². The fourth-order valence-electron chi connectivity index (χ4n) is 1.76. The first-order chi connectivity index (χ1) is 9.56. The van der Waals surface area contributed by atoms with Crippen molar-refractivity contribution >= 4 is 11.9 Å². The Morgan fingerprint density at radius 1 is 1.45 bits per heavy atom. The standard InChI is InChI=1S/C12H15N5O3/c1-16-8-9(7-14-16)11(12(19)20)15-10(18)3-6-17-5-2-4-13-17/h2,4-5,7-8,11H,3,6H2,1H3,(H,15,18)(H,19,20). The molecule has 8 nitrogen and oxygen atoms in total. The van der Waals surface area contributed by atoms with Crippen LogP contribution in [0.5, 0.6) is 0 Å². The second-order valence-electron chi connectivity index (χ2n) is 4.31. The van der Waals surface area contributed by atoms with E-state index in [1.807, 2.05) is 0 Å². The Hall–Kier alpha value is -2.64. The fraction of sp³-hybridized carbons (Fsp3) is 0.333. The van der Waals surface area contributed by atoms with Crippen LogP contribution in [0.25, 0.3) is 0 Å². The first-order valence-electron chi connectivity index (χ1n) is 6.04. The predicted octanol–water partition coefficient (Wildman–Crippen LogP) is -0.0512. The topological polar surface area (TPSA) is 102 Å². The molecule has 1 amide bonds. The van der Waals surface area contributed by atoms with E-state index in [9.17, 15) is 9.59 Å². The molecule has 0 aliphatic carbocycles. The minimum Gasteiger partial charge on any atom is -0.479 e. The van der Waals surface area contributed by atoms with Crippen LogP contribution in [0, 0.1) is 0 Å². The molecule has 0 fully saturated rings. The van der Waals surface area contributed by atoms with Gasteiger partial charge in [-0.2, -0.15) is 10.2 Å². The maximum Gasteiger partial charge on any atom is 0.331 e. The van der Waals surface area contributed by atoms with E-state index in [1.54, 1.807) is 36.4 Å². The third kappa shape index (κ3) is 3.44. The molecule has 0 aliphatic rings. The van der Waals surface area contributed by atoms with Gasteiger partial charge in [-0.05, 0) is 6.07 Å². The average Bonchev–Trinajstić information content (AvgIpc) is 3.04. The normalized spacial score (nSPS) is 12.1. The number of carbonyl (C=O) groups is 2. The Morgan fingerprint density at radius 3 is 2.80 bits per heavy atom. The maximum absolute atomic E-state index is 11.8. The van der Waals surface area contributed by atoms with E-state index < -0.39 is 12.0 Å². The summed E-state index contributed by atoms with van der Waals surface area (Å²) >= 11 is 0. The predicted molar refractivity (Wildman–Crippen MR) is 68.6 cm³/mol. The van der Waals surface area contributed by atoms with Gasteiger partial charge in [0.1, 0.15) is 0 Å². The summed E-state index contributed by atoms with van der Waals surface area (Å²) in [4.78, 5) is 23.0. The van der Waals surface area contributed by atoms with E-state index in [0.717, 1.165) is 0 Å². The van der Waals surface area contributed by atoms with Gasteiger partial charge in [-0.1, -0.05) is 0 Å². The number of nitrogens with zero attached hydrogens (tertiary/aromatic N) is 4. The minimum absolute atomic E-state index is 0.158. The van der Waals surface area contributed by atoms with E-state index in [2.05, 4.69) is 15.5 Å². The molecule has 0 aromatic carbocycles. The third-order valence-corrected chi connectivity index (χ3v) is 2.74. The molecule has 0 bridgehead atoms. The highest BCUT2D eigenvalue weighted by Crippen LogP contribution is 2.12. The van der Waals surface area contributed by atoms with Gasteiger partial charge in [0.25, 0.3) is 0 Å². The SMILES string of the molecule is Cn1cc(C(NC(=O)CCn2cccn2)C(=O)O)cn1. The van der Waals surface area contributed by atoms with Crippen molar-refractivity contribution in [2.75, 3.05) is 0 Å². The molecule has 0 saturated carbocycles. The smallest absolute Gasteiger partial charge is 0.331 e. The highest BCUT2D eigenvalue weighted by molar-refractivity contribution is 5.84. The lowest BCUT2D eigenvalue weighted by Crippen LogP contribution is -2.34. The van der Waals surface area contributed by atoms with Gasteiger partial charge in [-0.25, -0.2) is 4.79 Å². The first kappa shape index (κ1) is 13.8. The van der Waals surface area contributed by atoms with Gasteiger partial charge in [-0.15, -0.1) is 0 Å². The van der Waals surface area contributed by atoms with Crippen molar-refractivity contribution in [2.45, 2.75) is 19.0 Å². The molecule has 0 radical (unpaired) electrons. The van der Waals surface area contributed by atoms with Crippen molar-refractivity contribution in [3.8, 4) is 0 Å². The molecular formula is C12H15N5O3. The molecule has 2 N–H and O–H groups in total. The summed E-state index contributed by atoms with van der Waals surface area (Å²) in [6.45, 7) is 0.401. The number of aliphatic carboxylic acids is 1. The number of hydrogen-bond acceptors (Lipinski definition) is 4. The van der Waals surface area contributed by atoms with E-state index >= 15 is 0 Å². The highest BCUT2D eigenvalue weighted by Gasteiger charge is 2.23. The Morgan fingerprint density at radius 2 is 2.25 bits per heavy atom. The van der Waals surface area contributed by atoms with Gasteiger partial charge >= 0.3 is 5.97 Å². The fourth-order valence-corrected chi connectivity index (χ4v) is 1.76. The summed E-state index contributed by atoms with van der Waals surface area (Å²) < 4.78 is 3.10. The molecule has 1 atom stereocenters. The second-order valence-corrected chi connectivity index (χ2v) is 4.31. The summed E-state index contributed by atoms with van der Waals surface area (Å²) in [6.07, 6.45) is 6.50. The number of rotatable bonds is 6. The number of amides is 1. The van der Waals surface area contributed by atoms with Gasteiger partial charge in [0.15, 0.2) is 6.04 Å². The van der Waals surface area contributed by atoms with Crippen LogP contribution >= 0.6 is 0 Å². The van der Waals surface area contributed by atoms with Gasteiger partial charge in [-0.3, -0.25) is 14.2 Å². The van der Waals surface area contributed by atoms with E-state index in [-0.39, 0.29) is 12.3 Å². The van der Waals surface area contributed by atoms with Crippen LogP contribution < -0.4 is 5.32 Å². The summed E-state index contributed by atoms with van der Waals surface area (Å²) in [5, 5.41) is 19.5. The van der Waals surface area contributed by atoms with Gasteiger partial charge in [0.05, 0.1) is 6.20 Å². The molecule has 0 spiro atoms. The van der Waals surface area contributed by atoms with Gasteiger partial charge in [0, 0.05) is 44.2 Å². The summed E-state index contributed by atoms with van der Waals surface area (Å²) in [5.41, 5.74) is 0.437. The zero-order valence-corrected chi connectivity index (χ0v) is 10.9. The molecule has 2 aromatic rings. The molecule has 106 valence electrons. The van der Waals surface area contributed by atoms with Crippen LogP contribution in [0.15, 0.2) is 30.9 Å². The minimum atomic E-state index is -1.12. The average molecular weight is 277 g/mol. The van der Waals surface area contributed by atoms with E-state index in [0.29, 0.717) is 12.1 Å². The van der Waals surface area contributed by atoms with Crippen LogP contribution in [0.1, 0.15) is 18.0 Å². The zero-order valence-electron chi connectivity index (χ0n) is 10.9. The van der Waals surface area contributed by atoms with Crippen molar-refractivity contribution < 1.29 is 14.7 Å². The number of carbonyl (C=O) groups excluding carboxylic acids is 1. The van der Waals surface area contributed by atoms with Crippen LogP contribution in [0.4, 0.5) is 0 Å². The lowest BCUT2D eigenvalue weighted by atomic mass is 10.1. The van der Waals surface area contributed by atoms with Gasteiger partial charge < -0.3 is 10.4 Å². The molecule has 2 heterocycles. The largest absolute Gasteiger partial charge is 0.479 e. The third-order valence-electron chi connectivity index (χ3n) is 2.74. The highest BCUT2D eigenvalue weighted by atomic mass is 16.4. The lowest BCUT2D eigenvalue weighted by molar-refractivity contribution is -0.142. The molecule has 8 heteroatoms. The van der Waals surface area contributed by atoms with E-state index in [1.165, 1.54) is 10.9 Å². The summed E-state index contributed by atoms with van der Waals surface area (Å²) in [5.74, 6) is -1.47. The summed E-state index contributed by atoms with van der Waals surface area (Å²) in [6, 6.07) is 0.668. The molecule has 2 rings (SSSR count). The Bertz CT molecular complexity index is 590. The van der Waals surface area contributed by atoms with Crippen molar-refractivity contribution in [2.24, 2.45) is 7.05 Å². The molecule has 20 heavy (non-hydrogen) atoms. The van der Waals surface area contributed by atoms with Gasteiger partial charge in [0.2, 0.25) is 5.91 Å². The molecule has 0 aliphatic heterocycles. The quantitative estimate of drug-likeness (QED) is 0.770. The number of aryl methyl sites for hydroxylation is 2. The number of nitrogens with one attached hydrogen (secondary N) is 1. The zero-order chi connectivity index (χ0) is 14.5. The molecular weight excluding hydrogens is 262 g/mol. The van der Waals surface area contributed by atoms with E-state index in [4.69, 9.17) is 5.11 Å². The number of carboxylic acids is 1. The molecule has 0 saturated heterocycles. The van der Waals surface area contributed by atoms with Crippen LogP contribution in [0.3, 0.4) is 0 Å². The van der Waals surface area contributed by atoms with Crippen molar-refractivity contribution in [3.05, 3.63) is 36.4 Å². The number of hydrogen-bond donors (Lipinski definition) is 2. The van der Waals surface area contributed by atoms with Crippen molar-refractivity contribution in [1.82, 2.24) is 24.9 Å². The Labute approximate surface area is 115 Å². The maximum atomic E-state index is 11.8. The first-order valence-corrected chi connectivity index (χ1v) is 6.04. The van der Waals surface area contributed by atoms with Crippen LogP contribution in [-0.4, -0.2) is 36.5 Å². The Balaban J connectivity index is 1.94. The molecule has 2 aromatic heterocycles. The summed E-state index contributed by atoms with van der Waals surface area (Å²) in [7, 11) is 1.68. The van der Waals surface area contributed by atoms with Crippen LogP contribution in [-0.2, 0) is 23.2 Å². The van der Waals surface area contributed by atoms with Crippen LogP contribution in [0.2, 0.25) is 0 Å². The lowest BCUT2D eigenvalue weighted by Gasteiger charge is -2.12. The second kappa shape index (κ2) is 6.00.